The Bertz CT molecular complexity index is 914. The molecule has 0 aliphatic heterocycles. The second-order valence-electron chi connectivity index (χ2n) is 6.30. The van der Waals surface area contributed by atoms with Gasteiger partial charge in [0.15, 0.2) is 0 Å². The second-order valence-corrected chi connectivity index (χ2v) is 8.16. The van der Waals surface area contributed by atoms with Crippen LogP contribution in [0.1, 0.15) is 13.8 Å². The van der Waals surface area contributed by atoms with Gasteiger partial charge in [-0.25, -0.2) is 8.42 Å². The van der Waals surface area contributed by atoms with Crippen molar-refractivity contribution in [2.24, 2.45) is 5.92 Å². The van der Waals surface area contributed by atoms with Gasteiger partial charge in [-0.1, -0.05) is 38.1 Å². The number of anilines is 1. The number of sulfonamides is 1. The van der Waals surface area contributed by atoms with Gasteiger partial charge in [-0.3, -0.25) is 19.2 Å². The number of carbonyl (C=O) groups is 1. The first-order valence-corrected chi connectivity index (χ1v) is 9.74. The van der Waals surface area contributed by atoms with E-state index in [2.05, 4.69) is 5.32 Å². The van der Waals surface area contributed by atoms with E-state index in [4.69, 9.17) is 0 Å². The molecule has 1 amide bonds. The molecule has 0 fully saturated rings. The topological polar surface area (TPSA) is 110 Å². The maximum atomic E-state index is 13.1. The van der Waals surface area contributed by atoms with Crippen LogP contribution in [0, 0.1) is 16.0 Å². The van der Waals surface area contributed by atoms with E-state index in [1.165, 1.54) is 30.3 Å². The van der Waals surface area contributed by atoms with Gasteiger partial charge in [0.25, 0.3) is 15.7 Å². The van der Waals surface area contributed by atoms with Crippen molar-refractivity contribution in [1.29, 1.82) is 0 Å². The van der Waals surface area contributed by atoms with Gasteiger partial charge in [0.05, 0.1) is 15.5 Å². The summed E-state index contributed by atoms with van der Waals surface area (Å²) < 4.78 is 27.0. The normalized spacial score (nSPS) is 11.2. The van der Waals surface area contributed by atoms with Gasteiger partial charge in [0.2, 0.25) is 5.91 Å². The zero-order valence-corrected chi connectivity index (χ0v) is 15.8. The second kappa shape index (κ2) is 8.63. The van der Waals surface area contributed by atoms with E-state index in [-0.39, 0.29) is 22.2 Å². The van der Waals surface area contributed by atoms with Crippen molar-refractivity contribution in [3.63, 3.8) is 0 Å². The summed E-state index contributed by atoms with van der Waals surface area (Å²) in [5.74, 6) is -0.291. The first kappa shape index (κ1) is 20.4. The maximum Gasteiger partial charge on any atom is 0.271 e. The Labute approximate surface area is 158 Å². The molecular weight excluding hydrogens is 370 g/mol. The molecule has 0 aliphatic carbocycles. The zero-order valence-electron chi connectivity index (χ0n) is 15.0. The number of amides is 1. The third-order valence-electron chi connectivity index (χ3n) is 3.65. The molecule has 0 heterocycles. The van der Waals surface area contributed by atoms with Gasteiger partial charge in [0, 0.05) is 18.7 Å². The molecule has 1 N–H and O–H groups in total. The van der Waals surface area contributed by atoms with Gasteiger partial charge >= 0.3 is 0 Å². The number of nitrogens with zero attached hydrogens (tertiary/aromatic N) is 2. The van der Waals surface area contributed by atoms with Crippen LogP contribution in [0.4, 0.5) is 11.4 Å². The molecule has 144 valence electrons. The van der Waals surface area contributed by atoms with Crippen molar-refractivity contribution >= 4 is 27.3 Å². The fourth-order valence-electron chi connectivity index (χ4n) is 2.30. The average molecular weight is 391 g/mol. The van der Waals surface area contributed by atoms with Crippen LogP contribution in [0.5, 0.6) is 0 Å². The SMILES string of the molecule is CC(C)CNC(=O)CN(c1cccc([N+](=O)[O-])c1)S(=O)(=O)c1ccccc1. The molecule has 0 saturated heterocycles. The zero-order chi connectivity index (χ0) is 20.0. The van der Waals surface area contributed by atoms with Crippen LogP contribution < -0.4 is 9.62 Å². The predicted octanol–water partition coefficient (Wildman–Crippen LogP) is 2.56. The van der Waals surface area contributed by atoms with Crippen LogP contribution in [-0.2, 0) is 14.8 Å². The van der Waals surface area contributed by atoms with Crippen LogP contribution in [0.15, 0.2) is 59.5 Å². The van der Waals surface area contributed by atoms with Crippen molar-refractivity contribution in [3.8, 4) is 0 Å². The standard InChI is InChI=1S/C18H21N3O5S/c1-14(2)12-19-18(22)13-20(15-7-6-8-16(11-15)21(23)24)27(25,26)17-9-4-3-5-10-17/h3-11,14H,12-13H2,1-2H3,(H,19,22). The number of carbonyl (C=O) groups excluding carboxylic acids is 1. The lowest BCUT2D eigenvalue weighted by molar-refractivity contribution is -0.384. The largest absolute Gasteiger partial charge is 0.354 e. The van der Waals surface area contributed by atoms with Gasteiger partial charge in [0.1, 0.15) is 6.54 Å². The Hall–Kier alpha value is -2.94. The molecule has 0 aromatic heterocycles. The van der Waals surface area contributed by atoms with E-state index in [0.29, 0.717) is 6.54 Å². The van der Waals surface area contributed by atoms with Crippen LogP contribution in [-0.4, -0.2) is 32.3 Å². The highest BCUT2D eigenvalue weighted by molar-refractivity contribution is 7.92. The minimum Gasteiger partial charge on any atom is -0.354 e. The summed E-state index contributed by atoms with van der Waals surface area (Å²) in [7, 11) is -4.08. The van der Waals surface area contributed by atoms with Crippen molar-refractivity contribution < 1.29 is 18.1 Å². The highest BCUT2D eigenvalue weighted by atomic mass is 32.2. The summed E-state index contributed by atoms with van der Waals surface area (Å²) in [6.45, 7) is 3.75. The fraction of sp³-hybridized carbons (Fsp3) is 0.278. The Morgan fingerprint density at radius 1 is 1.15 bits per heavy atom. The van der Waals surface area contributed by atoms with E-state index >= 15 is 0 Å². The fourth-order valence-corrected chi connectivity index (χ4v) is 3.73. The minimum absolute atomic E-state index is 0.00633. The number of hydrogen-bond acceptors (Lipinski definition) is 5. The van der Waals surface area contributed by atoms with Crippen LogP contribution in [0.3, 0.4) is 0 Å². The van der Waals surface area contributed by atoms with E-state index in [1.54, 1.807) is 18.2 Å². The lowest BCUT2D eigenvalue weighted by Crippen LogP contribution is -2.41. The van der Waals surface area contributed by atoms with E-state index in [0.717, 1.165) is 10.4 Å². The number of nitrogens with one attached hydrogen (secondary N) is 1. The first-order chi connectivity index (χ1) is 12.7. The van der Waals surface area contributed by atoms with Gasteiger partial charge in [-0.05, 0) is 24.1 Å². The predicted molar refractivity (Wildman–Crippen MR) is 102 cm³/mol. The molecule has 0 spiro atoms. The number of nitro groups is 1. The third-order valence-corrected chi connectivity index (χ3v) is 5.44. The van der Waals surface area contributed by atoms with E-state index < -0.39 is 27.4 Å². The molecule has 8 nitrogen and oxygen atoms in total. The molecule has 0 radical (unpaired) electrons. The summed E-state index contributed by atoms with van der Waals surface area (Å²) in [5.41, 5.74) is -0.212. The van der Waals surface area contributed by atoms with Crippen molar-refractivity contribution in [2.75, 3.05) is 17.4 Å². The van der Waals surface area contributed by atoms with E-state index in [9.17, 15) is 23.3 Å². The molecule has 0 aliphatic rings. The molecule has 2 aromatic carbocycles. The smallest absolute Gasteiger partial charge is 0.271 e. The molecule has 0 atom stereocenters. The van der Waals surface area contributed by atoms with Gasteiger partial charge in [-0.2, -0.15) is 0 Å². The van der Waals surface area contributed by atoms with Crippen molar-refractivity contribution in [3.05, 3.63) is 64.7 Å². The van der Waals surface area contributed by atoms with Crippen LogP contribution in [0.2, 0.25) is 0 Å². The summed E-state index contributed by atoms with van der Waals surface area (Å²) >= 11 is 0. The summed E-state index contributed by atoms with van der Waals surface area (Å²) in [6, 6.07) is 12.8. The molecule has 0 unspecified atom stereocenters. The molecule has 2 rings (SSSR count). The molecular formula is C18H21N3O5S. The van der Waals surface area contributed by atoms with Gasteiger partial charge in [-0.15, -0.1) is 0 Å². The monoisotopic (exact) mass is 391 g/mol. The molecule has 0 bridgehead atoms. The number of non-ortho nitro benzene ring substituents is 1. The number of benzene rings is 2. The lowest BCUT2D eigenvalue weighted by atomic mass is 10.2. The van der Waals surface area contributed by atoms with Crippen molar-refractivity contribution in [2.45, 2.75) is 18.7 Å². The van der Waals surface area contributed by atoms with Gasteiger partial charge < -0.3 is 5.32 Å². The van der Waals surface area contributed by atoms with Crippen molar-refractivity contribution in [1.82, 2.24) is 5.32 Å². The number of nitro benzene ring substituents is 1. The number of hydrogen-bond donors (Lipinski definition) is 1. The Morgan fingerprint density at radius 3 is 2.41 bits per heavy atom. The molecule has 9 heteroatoms. The average Bonchev–Trinajstić information content (AvgIpc) is 2.65. The van der Waals surface area contributed by atoms with Crippen LogP contribution >= 0.6 is 0 Å². The maximum absolute atomic E-state index is 13.1. The molecule has 2 aromatic rings. The highest BCUT2D eigenvalue weighted by Gasteiger charge is 2.28. The summed E-state index contributed by atoms with van der Waals surface area (Å²) in [4.78, 5) is 22.7. The third kappa shape index (κ3) is 5.27. The number of rotatable bonds is 8. The first-order valence-electron chi connectivity index (χ1n) is 8.30. The Balaban J connectivity index is 2.44. The lowest BCUT2D eigenvalue weighted by Gasteiger charge is -2.24. The summed E-state index contributed by atoms with van der Waals surface area (Å²) in [6.07, 6.45) is 0. The van der Waals surface area contributed by atoms with Crippen LogP contribution in [0.25, 0.3) is 0 Å². The molecule has 0 saturated carbocycles. The Morgan fingerprint density at radius 2 is 1.81 bits per heavy atom. The molecule has 27 heavy (non-hydrogen) atoms. The Kier molecular flexibility index (Phi) is 6.51. The quantitative estimate of drug-likeness (QED) is 0.549. The summed E-state index contributed by atoms with van der Waals surface area (Å²) in [5, 5.41) is 13.7. The minimum atomic E-state index is -4.08. The highest BCUT2D eigenvalue weighted by Crippen LogP contribution is 2.26. The van der Waals surface area contributed by atoms with E-state index in [1.807, 2.05) is 13.8 Å².